The zero-order chi connectivity index (χ0) is 13.8. The summed E-state index contributed by atoms with van der Waals surface area (Å²) in [6.45, 7) is 0.319. The predicted molar refractivity (Wildman–Crippen MR) is 69.6 cm³/mol. The molecule has 0 amide bonds. The van der Waals surface area contributed by atoms with Crippen LogP contribution in [-0.4, -0.2) is 32.7 Å². The van der Waals surface area contributed by atoms with E-state index < -0.39 is 21.5 Å². The van der Waals surface area contributed by atoms with Crippen LogP contribution in [-0.2, 0) is 16.3 Å². The van der Waals surface area contributed by atoms with Crippen molar-refractivity contribution in [3.05, 3.63) is 29.3 Å². The summed E-state index contributed by atoms with van der Waals surface area (Å²) in [6, 6.07) is 2.47. The quantitative estimate of drug-likeness (QED) is 0.810. The summed E-state index contributed by atoms with van der Waals surface area (Å²) >= 11 is 0.867. The third-order valence-electron chi connectivity index (χ3n) is 2.19. The lowest BCUT2D eigenvalue weighted by atomic mass is 10.1. The van der Waals surface area contributed by atoms with Crippen molar-refractivity contribution >= 4 is 21.6 Å². The molecule has 0 aromatic heterocycles. The second-order valence-corrected chi connectivity index (χ2v) is 7.27. The first-order valence-corrected chi connectivity index (χ1v) is 8.36. The highest BCUT2D eigenvalue weighted by Gasteiger charge is 2.12. The Morgan fingerprint density at radius 3 is 2.28 bits per heavy atom. The Hall–Kier alpha value is -0.660. The van der Waals surface area contributed by atoms with E-state index in [1.807, 2.05) is 0 Å². The van der Waals surface area contributed by atoms with Gasteiger partial charge in [0.2, 0.25) is 0 Å². The van der Waals surface area contributed by atoms with Gasteiger partial charge in [-0.15, -0.1) is 11.8 Å². The maximum atomic E-state index is 13.6. The minimum absolute atomic E-state index is 0.110. The normalized spacial score (nSPS) is 11.8. The van der Waals surface area contributed by atoms with Gasteiger partial charge in [0.15, 0.2) is 0 Å². The first-order chi connectivity index (χ1) is 8.33. The molecule has 0 aliphatic heterocycles. The maximum absolute atomic E-state index is 13.6. The van der Waals surface area contributed by atoms with Gasteiger partial charge < -0.3 is 5.73 Å². The number of thioether (sulfide) groups is 1. The average molecular weight is 295 g/mol. The van der Waals surface area contributed by atoms with Crippen molar-refractivity contribution in [2.24, 2.45) is 5.73 Å². The Balaban J connectivity index is 2.77. The fraction of sp³-hybridized carbons (Fsp3) is 0.455. The first kappa shape index (κ1) is 15.4. The molecule has 0 fully saturated rings. The van der Waals surface area contributed by atoms with Crippen LogP contribution in [0.2, 0.25) is 0 Å². The van der Waals surface area contributed by atoms with Crippen LogP contribution in [0.5, 0.6) is 0 Å². The van der Waals surface area contributed by atoms with Crippen LogP contribution in [0.25, 0.3) is 0 Å². The topological polar surface area (TPSA) is 60.2 Å². The van der Waals surface area contributed by atoms with Crippen LogP contribution in [0.15, 0.2) is 17.0 Å². The van der Waals surface area contributed by atoms with Crippen molar-refractivity contribution in [2.45, 2.75) is 11.3 Å². The molecule has 1 aromatic carbocycles. The molecule has 2 N–H and O–H groups in total. The van der Waals surface area contributed by atoms with Gasteiger partial charge in [-0.3, -0.25) is 0 Å². The van der Waals surface area contributed by atoms with Crippen LogP contribution in [0.3, 0.4) is 0 Å². The fourth-order valence-corrected chi connectivity index (χ4v) is 3.50. The summed E-state index contributed by atoms with van der Waals surface area (Å²) < 4.78 is 49.0. The van der Waals surface area contributed by atoms with E-state index in [0.717, 1.165) is 18.0 Å². The smallest absolute Gasteiger partial charge is 0.148 e. The van der Waals surface area contributed by atoms with E-state index in [-0.39, 0.29) is 16.4 Å². The molecule has 0 spiro atoms. The molecule has 0 bridgehead atoms. The molecule has 0 atom stereocenters. The van der Waals surface area contributed by atoms with Crippen molar-refractivity contribution in [1.82, 2.24) is 0 Å². The largest absolute Gasteiger partial charge is 0.330 e. The molecule has 1 aromatic rings. The average Bonchev–Trinajstić information content (AvgIpc) is 2.21. The molecule has 7 heteroatoms. The zero-order valence-electron chi connectivity index (χ0n) is 9.95. The number of halogens is 2. The van der Waals surface area contributed by atoms with Crippen molar-refractivity contribution in [3.8, 4) is 0 Å². The van der Waals surface area contributed by atoms with E-state index in [1.165, 1.54) is 12.1 Å². The predicted octanol–water partition coefficient (Wildman–Crippen LogP) is 1.60. The van der Waals surface area contributed by atoms with Gasteiger partial charge in [0.25, 0.3) is 0 Å². The van der Waals surface area contributed by atoms with Crippen molar-refractivity contribution in [3.63, 3.8) is 0 Å². The van der Waals surface area contributed by atoms with E-state index >= 15 is 0 Å². The third kappa shape index (κ3) is 4.91. The lowest BCUT2D eigenvalue weighted by Crippen LogP contribution is -2.06. The number of nitrogens with two attached hydrogens (primary N) is 1. The molecule has 3 nitrogen and oxygen atoms in total. The van der Waals surface area contributed by atoms with Gasteiger partial charge in [0.1, 0.15) is 21.5 Å². The van der Waals surface area contributed by atoms with Crippen molar-refractivity contribution in [2.75, 3.05) is 24.3 Å². The van der Waals surface area contributed by atoms with Gasteiger partial charge in [-0.2, -0.15) is 0 Å². The van der Waals surface area contributed by atoms with Gasteiger partial charge in [0, 0.05) is 12.0 Å². The second-order valence-electron chi connectivity index (χ2n) is 3.91. The molecule has 0 saturated heterocycles. The Labute approximate surface area is 110 Å². The molecule has 0 heterocycles. The van der Waals surface area contributed by atoms with E-state index in [9.17, 15) is 17.2 Å². The SMILES string of the molecule is CS(=O)(=O)CCSc1c(F)cc(CCN)cc1F. The van der Waals surface area contributed by atoms with Crippen LogP contribution < -0.4 is 5.73 Å². The molecular formula is C11H15F2NO2S2. The molecule has 1 rings (SSSR count). The Kier molecular flexibility index (Phi) is 5.55. The minimum atomic E-state index is -3.12. The summed E-state index contributed by atoms with van der Waals surface area (Å²) in [5, 5.41) is 0. The van der Waals surface area contributed by atoms with E-state index in [4.69, 9.17) is 5.73 Å². The third-order valence-corrected chi connectivity index (χ3v) is 4.48. The van der Waals surface area contributed by atoms with E-state index in [2.05, 4.69) is 0 Å². The Morgan fingerprint density at radius 1 is 1.28 bits per heavy atom. The molecule has 0 saturated carbocycles. The molecular weight excluding hydrogens is 280 g/mol. The molecule has 0 unspecified atom stereocenters. The number of benzene rings is 1. The second kappa shape index (κ2) is 6.49. The first-order valence-electron chi connectivity index (χ1n) is 5.32. The summed E-state index contributed by atoms with van der Waals surface area (Å²) in [4.78, 5) is -0.139. The highest BCUT2D eigenvalue weighted by Crippen LogP contribution is 2.26. The van der Waals surface area contributed by atoms with Crippen molar-refractivity contribution < 1.29 is 17.2 Å². The summed E-state index contributed by atoms with van der Waals surface area (Å²) in [5.74, 6) is -1.32. The zero-order valence-corrected chi connectivity index (χ0v) is 11.6. The molecule has 18 heavy (non-hydrogen) atoms. The molecule has 102 valence electrons. The lowest BCUT2D eigenvalue weighted by Gasteiger charge is -2.07. The van der Waals surface area contributed by atoms with Gasteiger partial charge >= 0.3 is 0 Å². The van der Waals surface area contributed by atoms with Gasteiger partial charge in [0.05, 0.1) is 10.6 Å². The van der Waals surface area contributed by atoms with Crippen LogP contribution in [0, 0.1) is 11.6 Å². The molecule has 0 radical (unpaired) electrons. The van der Waals surface area contributed by atoms with Gasteiger partial charge in [-0.05, 0) is 30.7 Å². The number of rotatable bonds is 6. The lowest BCUT2D eigenvalue weighted by molar-refractivity contribution is 0.537. The maximum Gasteiger partial charge on any atom is 0.148 e. The molecule has 0 aliphatic rings. The van der Waals surface area contributed by atoms with Crippen LogP contribution in [0.4, 0.5) is 8.78 Å². The number of hydrogen-bond donors (Lipinski definition) is 1. The van der Waals surface area contributed by atoms with Gasteiger partial charge in [-0.1, -0.05) is 0 Å². The minimum Gasteiger partial charge on any atom is -0.330 e. The Morgan fingerprint density at radius 2 is 1.83 bits per heavy atom. The van der Waals surface area contributed by atoms with Gasteiger partial charge in [-0.25, -0.2) is 17.2 Å². The van der Waals surface area contributed by atoms with Crippen LogP contribution >= 0.6 is 11.8 Å². The number of hydrogen-bond acceptors (Lipinski definition) is 4. The van der Waals surface area contributed by atoms with Crippen molar-refractivity contribution in [1.29, 1.82) is 0 Å². The molecule has 0 aliphatic carbocycles. The van der Waals surface area contributed by atoms with Crippen LogP contribution in [0.1, 0.15) is 5.56 Å². The number of sulfone groups is 1. The standard InChI is InChI=1S/C11H15F2NO2S2/c1-18(15,16)5-4-17-11-9(12)6-8(2-3-14)7-10(11)13/h6-7H,2-5,14H2,1H3. The fourth-order valence-electron chi connectivity index (χ4n) is 1.36. The summed E-state index contributed by atoms with van der Waals surface area (Å²) in [6.07, 6.45) is 1.49. The highest BCUT2D eigenvalue weighted by atomic mass is 32.2. The summed E-state index contributed by atoms with van der Waals surface area (Å²) in [7, 11) is -3.12. The van der Waals surface area contributed by atoms with E-state index in [0.29, 0.717) is 18.5 Å². The monoisotopic (exact) mass is 295 g/mol. The summed E-state index contributed by atoms with van der Waals surface area (Å²) in [5.41, 5.74) is 5.81. The van der Waals surface area contributed by atoms with E-state index in [1.54, 1.807) is 0 Å². The Bertz CT molecular complexity index is 495. The highest BCUT2D eigenvalue weighted by molar-refractivity contribution is 8.00.